The zero-order chi connectivity index (χ0) is 13.7. The predicted octanol–water partition coefficient (Wildman–Crippen LogP) is 2.05. The van der Waals surface area contributed by atoms with E-state index in [1.807, 2.05) is 24.3 Å². The molecule has 1 aromatic carbocycles. The summed E-state index contributed by atoms with van der Waals surface area (Å²) in [6.45, 7) is 2.13. The summed E-state index contributed by atoms with van der Waals surface area (Å²) in [7, 11) is 1.65. The number of rotatable bonds is 6. The molecule has 6 heteroatoms. The Morgan fingerprint density at radius 1 is 1.37 bits per heavy atom. The number of ether oxygens (including phenoxy) is 1. The normalized spacial score (nSPS) is 12.4. The first-order valence-corrected chi connectivity index (χ1v) is 6.98. The number of hydrazine groups is 1. The van der Waals surface area contributed by atoms with Gasteiger partial charge in [-0.15, -0.1) is 5.10 Å². The zero-order valence-corrected chi connectivity index (χ0v) is 11.9. The summed E-state index contributed by atoms with van der Waals surface area (Å²) in [6, 6.07) is 7.77. The van der Waals surface area contributed by atoms with Crippen LogP contribution >= 0.6 is 11.5 Å². The van der Waals surface area contributed by atoms with E-state index >= 15 is 0 Å². The van der Waals surface area contributed by atoms with E-state index in [1.165, 1.54) is 11.5 Å². The minimum Gasteiger partial charge on any atom is -0.497 e. The molecule has 0 aliphatic rings. The number of hydrogen-bond donors (Lipinski definition) is 2. The Morgan fingerprint density at radius 3 is 2.68 bits per heavy atom. The first-order valence-electron chi connectivity index (χ1n) is 6.21. The lowest BCUT2D eigenvalue weighted by atomic mass is 10.0. The Balaban J connectivity index is 2.29. The van der Waals surface area contributed by atoms with Gasteiger partial charge in [0.05, 0.1) is 23.7 Å². The molecule has 5 nitrogen and oxygen atoms in total. The molecule has 19 heavy (non-hydrogen) atoms. The smallest absolute Gasteiger partial charge is 0.118 e. The maximum absolute atomic E-state index is 5.70. The van der Waals surface area contributed by atoms with Crippen LogP contribution in [0.15, 0.2) is 24.3 Å². The Labute approximate surface area is 116 Å². The van der Waals surface area contributed by atoms with Gasteiger partial charge in [-0.1, -0.05) is 30.0 Å². The van der Waals surface area contributed by atoms with Crippen molar-refractivity contribution < 1.29 is 4.74 Å². The van der Waals surface area contributed by atoms with Crippen LogP contribution in [0.4, 0.5) is 0 Å². The fraction of sp³-hybridized carbons (Fsp3) is 0.385. The van der Waals surface area contributed by atoms with Crippen LogP contribution in [0.5, 0.6) is 5.75 Å². The quantitative estimate of drug-likeness (QED) is 0.625. The van der Waals surface area contributed by atoms with Gasteiger partial charge in [-0.3, -0.25) is 5.84 Å². The fourth-order valence-corrected chi connectivity index (χ4v) is 2.75. The number of benzene rings is 1. The molecule has 1 unspecified atom stereocenters. The highest BCUT2D eigenvalue weighted by atomic mass is 32.1. The highest BCUT2D eigenvalue weighted by molar-refractivity contribution is 7.05. The number of methoxy groups -OCH3 is 1. The van der Waals surface area contributed by atoms with Crippen molar-refractivity contribution in [3.05, 3.63) is 40.4 Å². The molecule has 0 bridgehead atoms. The third kappa shape index (κ3) is 3.09. The second-order valence-corrected chi connectivity index (χ2v) is 4.99. The summed E-state index contributed by atoms with van der Waals surface area (Å²) in [5, 5.41) is 4.18. The average molecular weight is 278 g/mol. The van der Waals surface area contributed by atoms with Gasteiger partial charge in [-0.25, -0.2) is 5.43 Å². The predicted molar refractivity (Wildman–Crippen MR) is 76.1 cm³/mol. The van der Waals surface area contributed by atoms with Gasteiger partial charge in [0.1, 0.15) is 5.75 Å². The molecular weight excluding hydrogens is 260 g/mol. The maximum Gasteiger partial charge on any atom is 0.118 e. The summed E-state index contributed by atoms with van der Waals surface area (Å²) in [4.78, 5) is 1.08. The molecule has 0 fully saturated rings. The molecule has 1 aromatic heterocycles. The molecule has 0 saturated carbocycles. The molecule has 0 radical (unpaired) electrons. The van der Waals surface area contributed by atoms with Gasteiger partial charge in [0, 0.05) is 0 Å². The lowest BCUT2D eigenvalue weighted by Crippen LogP contribution is -2.28. The van der Waals surface area contributed by atoms with Crippen molar-refractivity contribution in [3.63, 3.8) is 0 Å². The topological polar surface area (TPSA) is 73.1 Å². The lowest BCUT2D eigenvalue weighted by Gasteiger charge is -2.15. The van der Waals surface area contributed by atoms with Crippen LogP contribution in [0.25, 0.3) is 0 Å². The number of hydrogen-bond acceptors (Lipinski definition) is 6. The first-order chi connectivity index (χ1) is 9.30. The van der Waals surface area contributed by atoms with E-state index in [-0.39, 0.29) is 6.04 Å². The van der Waals surface area contributed by atoms with Crippen LogP contribution in [-0.4, -0.2) is 16.7 Å². The van der Waals surface area contributed by atoms with Crippen LogP contribution in [0.2, 0.25) is 0 Å². The maximum atomic E-state index is 5.70. The van der Waals surface area contributed by atoms with E-state index in [4.69, 9.17) is 10.6 Å². The zero-order valence-electron chi connectivity index (χ0n) is 11.1. The Bertz CT molecular complexity index is 512. The van der Waals surface area contributed by atoms with Crippen LogP contribution in [0.1, 0.15) is 35.5 Å². The Morgan fingerprint density at radius 2 is 2.11 bits per heavy atom. The average Bonchev–Trinajstić information content (AvgIpc) is 2.89. The molecule has 0 spiro atoms. The van der Waals surface area contributed by atoms with Crippen molar-refractivity contribution in [2.75, 3.05) is 7.11 Å². The largest absolute Gasteiger partial charge is 0.497 e. The van der Waals surface area contributed by atoms with Gasteiger partial charge >= 0.3 is 0 Å². The molecule has 0 saturated heterocycles. The Kier molecular flexibility index (Phi) is 4.84. The van der Waals surface area contributed by atoms with Crippen LogP contribution < -0.4 is 16.0 Å². The summed E-state index contributed by atoms with van der Waals surface area (Å²) in [5.74, 6) is 6.53. The van der Waals surface area contributed by atoms with Gasteiger partial charge in [-0.2, -0.15) is 0 Å². The summed E-state index contributed by atoms with van der Waals surface area (Å²) in [6.07, 6.45) is 1.96. The number of nitrogens with zero attached hydrogens (tertiary/aromatic N) is 2. The molecular formula is C13H18N4OS. The molecule has 102 valence electrons. The fourth-order valence-electron chi connectivity index (χ4n) is 1.96. The highest BCUT2D eigenvalue weighted by Crippen LogP contribution is 2.28. The van der Waals surface area contributed by atoms with Crippen LogP contribution in [0, 0.1) is 0 Å². The van der Waals surface area contributed by atoms with E-state index in [0.29, 0.717) is 0 Å². The van der Waals surface area contributed by atoms with Crippen LogP contribution in [-0.2, 0) is 6.42 Å². The van der Waals surface area contributed by atoms with Crippen molar-refractivity contribution in [3.8, 4) is 5.75 Å². The number of aryl methyl sites for hydroxylation is 1. The van der Waals surface area contributed by atoms with Gasteiger partial charge in [0.15, 0.2) is 0 Å². The summed E-state index contributed by atoms with van der Waals surface area (Å²) in [5.41, 5.74) is 4.94. The van der Waals surface area contributed by atoms with E-state index in [0.717, 1.165) is 34.7 Å². The number of aromatic nitrogens is 2. The van der Waals surface area contributed by atoms with E-state index < -0.39 is 0 Å². The van der Waals surface area contributed by atoms with Gasteiger partial charge in [0.25, 0.3) is 0 Å². The second-order valence-electron chi connectivity index (χ2n) is 4.21. The summed E-state index contributed by atoms with van der Waals surface area (Å²) >= 11 is 1.39. The van der Waals surface area contributed by atoms with E-state index in [9.17, 15) is 0 Å². The number of nitrogens with one attached hydrogen (secondary N) is 1. The van der Waals surface area contributed by atoms with Gasteiger partial charge in [0.2, 0.25) is 0 Å². The molecule has 1 atom stereocenters. The molecule has 0 aliphatic heterocycles. The van der Waals surface area contributed by atoms with Gasteiger partial charge < -0.3 is 4.74 Å². The molecule has 2 aromatic rings. The van der Waals surface area contributed by atoms with Gasteiger partial charge in [-0.05, 0) is 35.6 Å². The minimum atomic E-state index is -0.0764. The highest BCUT2D eigenvalue weighted by Gasteiger charge is 2.19. The van der Waals surface area contributed by atoms with E-state index in [2.05, 4.69) is 21.9 Å². The van der Waals surface area contributed by atoms with Crippen molar-refractivity contribution in [2.45, 2.75) is 25.8 Å². The summed E-state index contributed by atoms with van der Waals surface area (Å²) < 4.78 is 9.20. The number of nitrogens with two attached hydrogens (primary N) is 1. The van der Waals surface area contributed by atoms with Crippen molar-refractivity contribution in [1.29, 1.82) is 0 Å². The lowest BCUT2D eigenvalue weighted by molar-refractivity contribution is 0.414. The van der Waals surface area contributed by atoms with E-state index in [1.54, 1.807) is 7.11 Å². The van der Waals surface area contributed by atoms with Crippen LogP contribution in [0.3, 0.4) is 0 Å². The Hall–Kier alpha value is -1.50. The molecule has 0 aliphatic carbocycles. The first kappa shape index (κ1) is 13.9. The third-order valence-electron chi connectivity index (χ3n) is 2.95. The minimum absolute atomic E-state index is 0.0764. The van der Waals surface area contributed by atoms with Crippen molar-refractivity contribution in [1.82, 2.24) is 15.0 Å². The second kappa shape index (κ2) is 6.60. The monoisotopic (exact) mass is 278 g/mol. The molecule has 2 rings (SSSR count). The SMILES string of the molecule is CCCc1nnsc1C(NN)c1ccc(OC)cc1. The van der Waals surface area contributed by atoms with Crippen molar-refractivity contribution in [2.24, 2.45) is 5.84 Å². The molecule has 1 heterocycles. The standard InChI is InChI=1S/C13H18N4OS/c1-3-4-11-13(19-17-16-11)12(15-14)9-5-7-10(18-2)8-6-9/h5-8,12,15H,3-4,14H2,1-2H3. The molecule has 0 amide bonds. The molecule has 3 N–H and O–H groups in total. The third-order valence-corrected chi connectivity index (χ3v) is 3.78. The van der Waals surface area contributed by atoms with Crippen molar-refractivity contribution >= 4 is 11.5 Å².